The highest BCUT2D eigenvalue weighted by Gasteiger charge is 2.31. The van der Waals surface area contributed by atoms with Crippen LogP contribution in [0.4, 0.5) is 4.79 Å². The van der Waals surface area contributed by atoms with Crippen LogP contribution in [0.2, 0.25) is 0 Å². The minimum absolute atomic E-state index is 0.168. The summed E-state index contributed by atoms with van der Waals surface area (Å²) < 4.78 is 0. The number of aliphatic hydroxyl groups is 1. The van der Waals surface area contributed by atoms with Crippen molar-refractivity contribution in [1.82, 2.24) is 9.80 Å². The molecular formula is C12H22N2O4. The molecule has 1 heterocycles. The first-order valence-corrected chi connectivity index (χ1v) is 6.18. The van der Waals surface area contributed by atoms with Crippen LogP contribution in [-0.4, -0.2) is 64.3 Å². The predicted molar refractivity (Wildman–Crippen MR) is 66.3 cm³/mol. The molecule has 1 aliphatic rings. The highest BCUT2D eigenvalue weighted by Crippen LogP contribution is 2.21. The molecule has 0 saturated carbocycles. The maximum atomic E-state index is 12.0. The van der Waals surface area contributed by atoms with Gasteiger partial charge in [-0.3, -0.25) is 4.79 Å². The largest absolute Gasteiger partial charge is 0.481 e. The number of carboxylic acids is 1. The normalized spacial score (nSPS) is 20.3. The number of hydrogen-bond donors (Lipinski definition) is 2. The van der Waals surface area contributed by atoms with Gasteiger partial charge < -0.3 is 20.0 Å². The van der Waals surface area contributed by atoms with Gasteiger partial charge in [-0.1, -0.05) is 6.92 Å². The summed E-state index contributed by atoms with van der Waals surface area (Å²) in [4.78, 5) is 25.9. The highest BCUT2D eigenvalue weighted by atomic mass is 16.4. The van der Waals surface area contributed by atoms with E-state index in [0.717, 1.165) is 0 Å². The Balaban J connectivity index is 2.47. The SMILES string of the molecule is CC(CN(C)C(=O)N1CCC(C)(O)CC1)C(=O)O. The minimum atomic E-state index is -0.906. The molecule has 6 nitrogen and oxygen atoms in total. The van der Waals surface area contributed by atoms with E-state index < -0.39 is 17.5 Å². The summed E-state index contributed by atoms with van der Waals surface area (Å²) >= 11 is 0. The number of rotatable bonds is 3. The smallest absolute Gasteiger partial charge is 0.319 e. The van der Waals surface area contributed by atoms with Crippen molar-refractivity contribution < 1.29 is 19.8 Å². The maximum absolute atomic E-state index is 12.0. The molecule has 6 heteroatoms. The number of hydrogen-bond acceptors (Lipinski definition) is 3. The number of nitrogens with zero attached hydrogens (tertiary/aromatic N) is 2. The first-order chi connectivity index (χ1) is 8.23. The third kappa shape index (κ3) is 3.87. The first kappa shape index (κ1) is 14.8. The summed E-state index contributed by atoms with van der Waals surface area (Å²) in [5, 5.41) is 18.6. The highest BCUT2D eigenvalue weighted by molar-refractivity contribution is 5.76. The molecule has 1 saturated heterocycles. The van der Waals surface area contributed by atoms with Gasteiger partial charge in [0.15, 0.2) is 0 Å². The van der Waals surface area contributed by atoms with Gasteiger partial charge in [-0.15, -0.1) is 0 Å². The monoisotopic (exact) mass is 258 g/mol. The van der Waals surface area contributed by atoms with Gasteiger partial charge >= 0.3 is 12.0 Å². The van der Waals surface area contributed by atoms with Gasteiger partial charge in [-0.25, -0.2) is 4.79 Å². The lowest BCUT2D eigenvalue weighted by atomic mass is 9.94. The number of aliphatic carboxylic acids is 1. The lowest BCUT2D eigenvalue weighted by Crippen LogP contribution is -2.50. The van der Waals surface area contributed by atoms with Crippen molar-refractivity contribution in [2.75, 3.05) is 26.7 Å². The van der Waals surface area contributed by atoms with E-state index in [-0.39, 0.29) is 12.6 Å². The van der Waals surface area contributed by atoms with Gasteiger partial charge in [0.2, 0.25) is 0 Å². The van der Waals surface area contributed by atoms with Crippen LogP contribution in [0.15, 0.2) is 0 Å². The van der Waals surface area contributed by atoms with E-state index in [1.807, 2.05) is 0 Å². The molecule has 104 valence electrons. The first-order valence-electron chi connectivity index (χ1n) is 6.18. The van der Waals surface area contributed by atoms with Crippen LogP contribution in [-0.2, 0) is 4.79 Å². The number of carbonyl (C=O) groups is 2. The van der Waals surface area contributed by atoms with Gasteiger partial charge in [0, 0.05) is 26.7 Å². The number of likely N-dealkylation sites (tertiary alicyclic amines) is 1. The Kier molecular flexibility index (Phi) is 4.56. The van der Waals surface area contributed by atoms with E-state index in [9.17, 15) is 14.7 Å². The second kappa shape index (κ2) is 5.56. The second-order valence-electron chi connectivity index (χ2n) is 5.39. The molecular weight excluding hydrogens is 236 g/mol. The fraction of sp³-hybridized carbons (Fsp3) is 0.833. The van der Waals surface area contributed by atoms with Crippen LogP contribution in [0.25, 0.3) is 0 Å². The van der Waals surface area contributed by atoms with Crippen molar-refractivity contribution in [1.29, 1.82) is 0 Å². The molecule has 0 aromatic heterocycles. The van der Waals surface area contributed by atoms with Crippen LogP contribution in [0.1, 0.15) is 26.7 Å². The predicted octanol–water partition coefficient (Wildman–Crippen LogP) is 0.606. The fourth-order valence-corrected chi connectivity index (χ4v) is 1.99. The molecule has 1 aliphatic heterocycles. The number of piperidine rings is 1. The zero-order valence-electron chi connectivity index (χ0n) is 11.2. The van der Waals surface area contributed by atoms with Crippen molar-refractivity contribution in [2.45, 2.75) is 32.3 Å². The van der Waals surface area contributed by atoms with E-state index >= 15 is 0 Å². The minimum Gasteiger partial charge on any atom is -0.481 e. The molecule has 0 aromatic rings. The van der Waals surface area contributed by atoms with E-state index in [2.05, 4.69) is 0 Å². The quantitative estimate of drug-likeness (QED) is 0.777. The number of urea groups is 1. The van der Waals surface area contributed by atoms with E-state index in [1.54, 1.807) is 25.8 Å². The topological polar surface area (TPSA) is 81.1 Å². The molecule has 0 aliphatic carbocycles. The van der Waals surface area contributed by atoms with Crippen molar-refractivity contribution in [2.24, 2.45) is 5.92 Å². The number of carbonyl (C=O) groups excluding carboxylic acids is 1. The second-order valence-corrected chi connectivity index (χ2v) is 5.39. The standard InChI is InChI=1S/C12H22N2O4/c1-9(10(15)16)8-13(3)11(17)14-6-4-12(2,18)5-7-14/h9,18H,4-8H2,1-3H3,(H,15,16). The molecule has 0 radical (unpaired) electrons. The lowest BCUT2D eigenvalue weighted by molar-refractivity contribution is -0.141. The summed E-state index contributed by atoms with van der Waals surface area (Å²) in [6, 6.07) is -0.168. The molecule has 2 N–H and O–H groups in total. The third-order valence-corrected chi connectivity index (χ3v) is 3.41. The average molecular weight is 258 g/mol. The summed E-state index contributed by atoms with van der Waals surface area (Å²) in [6.07, 6.45) is 1.11. The van der Waals surface area contributed by atoms with Crippen LogP contribution >= 0.6 is 0 Å². The van der Waals surface area contributed by atoms with Crippen molar-refractivity contribution in [3.63, 3.8) is 0 Å². The number of amides is 2. The summed E-state index contributed by atoms with van der Waals surface area (Å²) in [7, 11) is 1.61. The lowest BCUT2D eigenvalue weighted by Gasteiger charge is -2.37. The average Bonchev–Trinajstić information content (AvgIpc) is 2.27. The Morgan fingerprint density at radius 1 is 1.39 bits per heavy atom. The molecule has 0 bridgehead atoms. The van der Waals surface area contributed by atoms with Gasteiger partial charge in [-0.2, -0.15) is 0 Å². The Labute approximate surface area is 107 Å². The summed E-state index contributed by atoms with van der Waals surface area (Å²) in [5.41, 5.74) is -0.691. The maximum Gasteiger partial charge on any atom is 0.319 e. The Morgan fingerprint density at radius 2 is 1.89 bits per heavy atom. The van der Waals surface area contributed by atoms with Crippen LogP contribution in [0.5, 0.6) is 0 Å². The zero-order valence-corrected chi connectivity index (χ0v) is 11.2. The third-order valence-electron chi connectivity index (χ3n) is 3.41. The van der Waals surface area contributed by atoms with Crippen molar-refractivity contribution in [3.05, 3.63) is 0 Å². The van der Waals surface area contributed by atoms with Crippen LogP contribution in [0, 0.1) is 5.92 Å². The van der Waals surface area contributed by atoms with Gasteiger partial charge in [0.25, 0.3) is 0 Å². The van der Waals surface area contributed by atoms with E-state index in [1.165, 1.54) is 4.90 Å². The fourth-order valence-electron chi connectivity index (χ4n) is 1.99. The summed E-state index contributed by atoms with van der Waals surface area (Å²) in [5.74, 6) is -1.48. The summed E-state index contributed by atoms with van der Waals surface area (Å²) in [6.45, 7) is 4.56. The molecule has 1 atom stereocenters. The molecule has 2 amide bonds. The van der Waals surface area contributed by atoms with Gasteiger partial charge in [0.05, 0.1) is 11.5 Å². The Morgan fingerprint density at radius 3 is 2.33 bits per heavy atom. The van der Waals surface area contributed by atoms with Gasteiger partial charge in [-0.05, 0) is 19.8 Å². The van der Waals surface area contributed by atoms with E-state index in [4.69, 9.17) is 5.11 Å². The van der Waals surface area contributed by atoms with Crippen molar-refractivity contribution >= 4 is 12.0 Å². The van der Waals surface area contributed by atoms with E-state index in [0.29, 0.717) is 25.9 Å². The Bertz CT molecular complexity index is 320. The molecule has 1 fully saturated rings. The van der Waals surface area contributed by atoms with Crippen molar-refractivity contribution in [3.8, 4) is 0 Å². The Hall–Kier alpha value is -1.30. The molecule has 0 spiro atoms. The van der Waals surface area contributed by atoms with Crippen LogP contribution in [0.3, 0.4) is 0 Å². The molecule has 1 unspecified atom stereocenters. The van der Waals surface area contributed by atoms with Crippen LogP contribution < -0.4 is 0 Å². The van der Waals surface area contributed by atoms with Gasteiger partial charge in [0.1, 0.15) is 0 Å². The molecule has 0 aromatic carbocycles. The number of carboxylic acid groups (broad SMARTS) is 1. The zero-order chi connectivity index (χ0) is 13.9. The molecule has 18 heavy (non-hydrogen) atoms. The molecule has 1 rings (SSSR count).